The summed E-state index contributed by atoms with van der Waals surface area (Å²) in [7, 11) is 0. The van der Waals surface area contributed by atoms with Gasteiger partial charge in [0.25, 0.3) is 0 Å². The van der Waals surface area contributed by atoms with Crippen LogP contribution < -0.4 is 5.32 Å². The number of hydrogen-bond donors (Lipinski definition) is 1. The van der Waals surface area contributed by atoms with Crippen LogP contribution in [0.3, 0.4) is 0 Å². The first-order chi connectivity index (χ1) is 9.79. The standard InChI is InChI=1S/C19H24ClN/c1-13-7-6-8-17(20)18(13)21-14(2)15-9-11-16(12-10-15)19(3,4)5/h6-12,14,21H,1-5H3. The second kappa shape index (κ2) is 6.11. The van der Waals surface area contributed by atoms with Gasteiger partial charge in [-0.25, -0.2) is 0 Å². The summed E-state index contributed by atoms with van der Waals surface area (Å²) in [5.41, 5.74) is 5.00. The molecule has 0 aromatic heterocycles. The van der Waals surface area contributed by atoms with Gasteiger partial charge in [0, 0.05) is 6.04 Å². The first kappa shape index (κ1) is 15.9. The Bertz CT molecular complexity index is 588. The molecule has 0 amide bonds. The van der Waals surface area contributed by atoms with Gasteiger partial charge in [0.1, 0.15) is 0 Å². The lowest BCUT2D eigenvalue weighted by Crippen LogP contribution is -2.12. The summed E-state index contributed by atoms with van der Waals surface area (Å²) in [6, 6.07) is 15.0. The zero-order valence-corrected chi connectivity index (χ0v) is 14.3. The lowest BCUT2D eigenvalue weighted by Gasteiger charge is -2.22. The monoisotopic (exact) mass is 301 g/mol. The molecule has 0 aliphatic rings. The molecule has 2 rings (SSSR count). The molecule has 0 radical (unpaired) electrons. The minimum Gasteiger partial charge on any atom is -0.377 e. The van der Waals surface area contributed by atoms with E-state index < -0.39 is 0 Å². The van der Waals surface area contributed by atoms with Crippen molar-refractivity contribution < 1.29 is 0 Å². The van der Waals surface area contributed by atoms with Crippen molar-refractivity contribution in [3.05, 3.63) is 64.2 Å². The lowest BCUT2D eigenvalue weighted by atomic mass is 9.86. The van der Waals surface area contributed by atoms with Crippen LogP contribution in [0.25, 0.3) is 0 Å². The van der Waals surface area contributed by atoms with Crippen LogP contribution in [0.1, 0.15) is 50.4 Å². The summed E-state index contributed by atoms with van der Waals surface area (Å²) in [6.45, 7) is 10.9. The molecule has 0 heterocycles. The Balaban J connectivity index is 2.19. The van der Waals surface area contributed by atoms with Crippen molar-refractivity contribution >= 4 is 17.3 Å². The number of nitrogens with one attached hydrogen (secondary N) is 1. The van der Waals surface area contributed by atoms with E-state index in [1.165, 1.54) is 16.7 Å². The predicted molar refractivity (Wildman–Crippen MR) is 93.4 cm³/mol. The highest BCUT2D eigenvalue weighted by Gasteiger charge is 2.14. The van der Waals surface area contributed by atoms with Crippen LogP contribution in [0.2, 0.25) is 5.02 Å². The molecule has 1 N–H and O–H groups in total. The minimum absolute atomic E-state index is 0.189. The van der Waals surface area contributed by atoms with E-state index in [0.29, 0.717) is 0 Å². The summed E-state index contributed by atoms with van der Waals surface area (Å²) in [5.74, 6) is 0. The average Bonchev–Trinajstić information content (AvgIpc) is 2.42. The van der Waals surface area contributed by atoms with Crippen LogP contribution in [0.15, 0.2) is 42.5 Å². The van der Waals surface area contributed by atoms with E-state index in [-0.39, 0.29) is 11.5 Å². The molecule has 0 bridgehead atoms. The second-order valence-electron chi connectivity index (χ2n) is 6.67. The first-order valence-corrected chi connectivity index (χ1v) is 7.79. The Morgan fingerprint density at radius 3 is 2.14 bits per heavy atom. The number of anilines is 1. The van der Waals surface area contributed by atoms with Gasteiger partial charge in [-0.1, -0.05) is 68.8 Å². The molecule has 1 nitrogen and oxygen atoms in total. The summed E-state index contributed by atoms with van der Waals surface area (Å²) >= 11 is 6.28. The molecule has 2 heteroatoms. The number of halogens is 1. The zero-order chi connectivity index (χ0) is 15.6. The maximum absolute atomic E-state index is 6.28. The van der Waals surface area contributed by atoms with Crippen molar-refractivity contribution in [3.8, 4) is 0 Å². The second-order valence-corrected chi connectivity index (χ2v) is 7.08. The quantitative estimate of drug-likeness (QED) is 0.720. The summed E-state index contributed by atoms with van der Waals surface area (Å²) in [6.07, 6.45) is 0. The predicted octanol–water partition coefficient (Wildman–Crippen LogP) is 6.12. The van der Waals surface area contributed by atoms with Gasteiger partial charge in [-0.3, -0.25) is 0 Å². The van der Waals surface area contributed by atoms with Crippen LogP contribution in [-0.4, -0.2) is 0 Å². The average molecular weight is 302 g/mol. The van der Waals surface area contributed by atoms with Gasteiger partial charge in [-0.05, 0) is 42.0 Å². The zero-order valence-electron chi connectivity index (χ0n) is 13.5. The maximum Gasteiger partial charge on any atom is 0.0640 e. The molecule has 2 aromatic carbocycles. The molecule has 21 heavy (non-hydrogen) atoms. The number of benzene rings is 2. The Hall–Kier alpha value is -1.47. The molecule has 0 aliphatic heterocycles. The Labute approximate surface area is 133 Å². The van der Waals surface area contributed by atoms with Crippen molar-refractivity contribution in [1.29, 1.82) is 0 Å². The van der Waals surface area contributed by atoms with Crippen LogP contribution in [0, 0.1) is 6.92 Å². The summed E-state index contributed by atoms with van der Waals surface area (Å²) in [4.78, 5) is 0. The van der Waals surface area contributed by atoms with Gasteiger partial charge in [-0.2, -0.15) is 0 Å². The normalized spacial score (nSPS) is 13.0. The fourth-order valence-corrected chi connectivity index (χ4v) is 2.66. The van der Waals surface area contributed by atoms with Gasteiger partial charge in [0.15, 0.2) is 0 Å². The Morgan fingerprint density at radius 1 is 1.00 bits per heavy atom. The number of aryl methyl sites for hydroxylation is 1. The fourth-order valence-electron chi connectivity index (χ4n) is 2.39. The van der Waals surface area contributed by atoms with E-state index in [2.05, 4.69) is 70.3 Å². The van der Waals surface area contributed by atoms with Crippen molar-refractivity contribution in [3.63, 3.8) is 0 Å². The van der Waals surface area contributed by atoms with Crippen LogP contribution in [0.5, 0.6) is 0 Å². The summed E-state index contributed by atoms with van der Waals surface area (Å²) in [5, 5.41) is 4.29. The third kappa shape index (κ3) is 3.79. The van der Waals surface area contributed by atoms with Crippen molar-refractivity contribution in [2.75, 3.05) is 5.32 Å². The maximum atomic E-state index is 6.28. The van der Waals surface area contributed by atoms with E-state index in [1.807, 2.05) is 12.1 Å². The largest absolute Gasteiger partial charge is 0.377 e. The smallest absolute Gasteiger partial charge is 0.0640 e. The van der Waals surface area contributed by atoms with Crippen LogP contribution >= 0.6 is 11.6 Å². The van der Waals surface area contributed by atoms with Gasteiger partial charge < -0.3 is 5.32 Å². The number of rotatable bonds is 3. The van der Waals surface area contributed by atoms with E-state index in [1.54, 1.807) is 0 Å². The SMILES string of the molecule is Cc1cccc(Cl)c1NC(C)c1ccc(C(C)(C)C)cc1. The van der Waals surface area contributed by atoms with E-state index in [0.717, 1.165) is 10.7 Å². The van der Waals surface area contributed by atoms with Crippen LogP contribution in [-0.2, 0) is 5.41 Å². The highest BCUT2D eigenvalue weighted by molar-refractivity contribution is 6.33. The first-order valence-electron chi connectivity index (χ1n) is 7.41. The van der Waals surface area contributed by atoms with Crippen LogP contribution in [0.4, 0.5) is 5.69 Å². The molecule has 0 saturated heterocycles. The molecular formula is C19H24ClN. The lowest BCUT2D eigenvalue weighted by molar-refractivity contribution is 0.589. The van der Waals surface area contributed by atoms with Crippen molar-refractivity contribution in [1.82, 2.24) is 0 Å². The fraction of sp³-hybridized carbons (Fsp3) is 0.368. The minimum atomic E-state index is 0.189. The van der Waals surface area contributed by atoms with Gasteiger partial charge >= 0.3 is 0 Å². The molecule has 1 unspecified atom stereocenters. The molecule has 0 aliphatic carbocycles. The molecule has 112 valence electrons. The third-order valence-electron chi connectivity index (χ3n) is 3.86. The molecule has 1 atom stereocenters. The third-order valence-corrected chi connectivity index (χ3v) is 4.17. The molecular weight excluding hydrogens is 278 g/mol. The number of hydrogen-bond acceptors (Lipinski definition) is 1. The Kier molecular flexibility index (Phi) is 4.63. The molecule has 2 aromatic rings. The van der Waals surface area contributed by atoms with Crippen molar-refractivity contribution in [2.45, 2.75) is 46.1 Å². The van der Waals surface area contributed by atoms with Gasteiger partial charge in [0.05, 0.1) is 10.7 Å². The Morgan fingerprint density at radius 2 is 1.62 bits per heavy atom. The van der Waals surface area contributed by atoms with E-state index in [9.17, 15) is 0 Å². The van der Waals surface area contributed by atoms with E-state index in [4.69, 9.17) is 11.6 Å². The highest BCUT2D eigenvalue weighted by atomic mass is 35.5. The topological polar surface area (TPSA) is 12.0 Å². The molecule has 0 saturated carbocycles. The number of para-hydroxylation sites is 1. The molecule has 0 fully saturated rings. The summed E-state index contributed by atoms with van der Waals surface area (Å²) < 4.78 is 0. The van der Waals surface area contributed by atoms with Gasteiger partial charge in [-0.15, -0.1) is 0 Å². The van der Waals surface area contributed by atoms with Gasteiger partial charge in [0.2, 0.25) is 0 Å². The molecule has 0 spiro atoms. The van der Waals surface area contributed by atoms with Crippen molar-refractivity contribution in [2.24, 2.45) is 0 Å². The highest BCUT2D eigenvalue weighted by Crippen LogP contribution is 2.30. The van der Waals surface area contributed by atoms with E-state index >= 15 is 0 Å².